The molecule has 37 heavy (non-hydrogen) atoms. The van der Waals surface area contributed by atoms with Gasteiger partial charge in [-0.25, -0.2) is 0 Å². The highest BCUT2D eigenvalue weighted by molar-refractivity contribution is 6.51. The zero-order chi connectivity index (χ0) is 26.1. The summed E-state index contributed by atoms with van der Waals surface area (Å²) < 4.78 is 16.9. The average molecular weight is 500 g/mol. The largest absolute Gasteiger partial charge is 0.507 e. The maximum Gasteiger partial charge on any atom is 0.300 e. The molecule has 1 atom stereocenters. The fourth-order valence-corrected chi connectivity index (χ4v) is 4.72. The predicted octanol–water partition coefficient (Wildman–Crippen LogP) is 5.61. The molecule has 1 N–H and O–H groups in total. The lowest BCUT2D eigenvalue weighted by Gasteiger charge is -2.26. The summed E-state index contributed by atoms with van der Waals surface area (Å²) in [6.07, 6.45) is 0. The second-order valence-electron chi connectivity index (χ2n) is 9.28. The van der Waals surface area contributed by atoms with E-state index in [-0.39, 0.29) is 11.3 Å². The van der Waals surface area contributed by atoms with Crippen LogP contribution in [0.25, 0.3) is 5.76 Å². The zero-order valence-corrected chi connectivity index (χ0v) is 21.1. The van der Waals surface area contributed by atoms with E-state index in [4.69, 9.17) is 14.2 Å². The lowest BCUT2D eigenvalue weighted by molar-refractivity contribution is -0.132. The molecule has 1 fully saturated rings. The third kappa shape index (κ3) is 4.53. The van der Waals surface area contributed by atoms with Crippen LogP contribution in [0.15, 0.2) is 72.3 Å². The minimum absolute atomic E-state index is 0.00302. The molecule has 5 rings (SSSR count). The van der Waals surface area contributed by atoms with Crippen LogP contribution in [0.5, 0.6) is 17.2 Å². The normalized spacial score (nSPS) is 18.4. The summed E-state index contributed by atoms with van der Waals surface area (Å²) in [4.78, 5) is 28.4. The second-order valence-corrected chi connectivity index (χ2v) is 9.28. The Morgan fingerprint density at radius 3 is 2.43 bits per heavy atom. The van der Waals surface area contributed by atoms with Crippen molar-refractivity contribution in [1.29, 1.82) is 0 Å². The fourth-order valence-electron chi connectivity index (χ4n) is 4.72. The van der Waals surface area contributed by atoms with E-state index < -0.39 is 17.7 Å². The summed E-state index contributed by atoms with van der Waals surface area (Å²) in [5, 5.41) is 11.4. The van der Waals surface area contributed by atoms with Crippen molar-refractivity contribution >= 4 is 23.1 Å². The molecule has 2 aliphatic rings. The third-order valence-corrected chi connectivity index (χ3v) is 6.58. The van der Waals surface area contributed by atoms with Gasteiger partial charge in [-0.2, -0.15) is 0 Å². The van der Waals surface area contributed by atoms with Crippen molar-refractivity contribution in [1.82, 2.24) is 0 Å². The SMILES string of the molecule is CCOc1cccc(C2/C(=C(/O)c3ccc4c(c3)OCCO4)C(=O)C(=O)N2c2ccc(C(C)C)cc2)c1. The first kappa shape index (κ1) is 24.4. The summed E-state index contributed by atoms with van der Waals surface area (Å²) in [5.74, 6) is 0.232. The number of aliphatic hydroxyl groups excluding tert-OH is 1. The number of fused-ring (bicyclic) bond motifs is 1. The number of ketones is 1. The number of carbonyl (C=O) groups excluding carboxylic acids is 2. The molecule has 0 aromatic heterocycles. The standard InChI is InChI=1S/C30H29NO6/c1-4-35-23-7-5-6-20(16-23)27-26(28(32)21-10-13-24-25(17-21)37-15-14-36-24)29(33)30(34)31(27)22-11-8-19(9-12-22)18(2)3/h5-13,16-18,27,32H,4,14-15H2,1-3H3/b28-26-. The quantitative estimate of drug-likeness (QED) is 0.270. The van der Waals surface area contributed by atoms with E-state index in [1.54, 1.807) is 24.3 Å². The Hall–Kier alpha value is -4.26. The van der Waals surface area contributed by atoms with Crippen molar-refractivity contribution in [3.8, 4) is 17.2 Å². The van der Waals surface area contributed by atoms with Crippen LogP contribution < -0.4 is 19.1 Å². The van der Waals surface area contributed by atoms with E-state index in [9.17, 15) is 14.7 Å². The van der Waals surface area contributed by atoms with Crippen molar-refractivity contribution in [3.63, 3.8) is 0 Å². The molecule has 1 amide bonds. The number of Topliss-reactive ketones (excluding diaryl/α,β-unsaturated/α-hetero) is 1. The summed E-state index contributed by atoms with van der Waals surface area (Å²) in [6.45, 7) is 7.36. The van der Waals surface area contributed by atoms with Crippen LogP contribution in [0.1, 0.15) is 49.4 Å². The van der Waals surface area contributed by atoms with Gasteiger partial charge in [-0.05, 0) is 66.4 Å². The highest BCUT2D eigenvalue weighted by atomic mass is 16.6. The Kier molecular flexibility index (Phi) is 6.61. The Labute approximate surface area is 215 Å². The Morgan fingerprint density at radius 1 is 1.00 bits per heavy atom. The smallest absolute Gasteiger partial charge is 0.300 e. The third-order valence-electron chi connectivity index (χ3n) is 6.58. The highest BCUT2D eigenvalue weighted by Gasteiger charge is 2.47. The molecular weight excluding hydrogens is 470 g/mol. The first-order valence-electron chi connectivity index (χ1n) is 12.4. The fraction of sp³-hybridized carbons (Fsp3) is 0.267. The van der Waals surface area contributed by atoms with Crippen LogP contribution >= 0.6 is 0 Å². The van der Waals surface area contributed by atoms with E-state index in [1.165, 1.54) is 4.90 Å². The molecule has 1 saturated heterocycles. The number of amides is 1. The minimum atomic E-state index is -0.849. The molecule has 7 nitrogen and oxygen atoms in total. The lowest BCUT2D eigenvalue weighted by atomic mass is 9.94. The second kappa shape index (κ2) is 10.0. The van der Waals surface area contributed by atoms with Gasteiger partial charge in [-0.15, -0.1) is 0 Å². The summed E-state index contributed by atoms with van der Waals surface area (Å²) in [6, 6.07) is 19.0. The number of hydrogen-bond acceptors (Lipinski definition) is 6. The van der Waals surface area contributed by atoms with E-state index in [0.29, 0.717) is 59.8 Å². The molecule has 0 aliphatic carbocycles. The Balaban J connectivity index is 1.67. The van der Waals surface area contributed by atoms with Crippen LogP contribution in [-0.2, 0) is 9.59 Å². The van der Waals surface area contributed by atoms with Gasteiger partial charge in [0.1, 0.15) is 24.7 Å². The Bertz CT molecular complexity index is 1380. The van der Waals surface area contributed by atoms with Gasteiger partial charge in [0.2, 0.25) is 0 Å². The zero-order valence-electron chi connectivity index (χ0n) is 21.1. The van der Waals surface area contributed by atoms with Crippen LogP contribution in [0.4, 0.5) is 5.69 Å². The highest BCUT2D eigenvalue weighted by Crippen LogP contribution is 2.44. The van der Waals surface area contributed by atoms with Gasteiger partial charge in [0.15, 0.2) is 11.5 Å². The first-order valence-corrected chi connectivity index (χ1v) is 12.4. The number of anilines is 1. The van der Waals surface area contributed by atoms with Gasteiger partial charge in [0.05, 0.1) is 18.2 Å². The van der Waals surface area contributed by atoms with Gasteiger partial charge in [-0.1, -0.05) is 38.1 Å². The number of aliphatic hydroxyl groups is 1. The lowest BCUT2D eigenvalue weighted by Crippen LogP contribution is -2.29. The van der Waals surface area contributed by atoms with E-state index >= 15 is 0 Å². The maximum absolute atomic E-state index is 13.5. The topological polar surface area (TPSA) is 85.3 Å². The summed E-state index contributed by atoms with van der Waals surface area (Å²) in [5.41, 5.74) is 2.70. The van der Waals surface area contributed by atoms with Gasteiger partial charge in [-0.3, -0.25) is 14.5 Å². The number of nitrogens with zero attached hydrogens (tertiary/aromatic N) is 1. The minimum Gasteiger partial charge on any atom is -0.507 e. The molecule has 0 radical (unpaired) electrons. The van der Waals surface area contributed by atoms with Crippen molar-refractivity contribution in [2.75, 3.05) is 24.7 Å². The maximum atomic E-state index is 13.5. The molecular formula is C30H29NO6. The summed E-state index contributed by atoms with van der Waals surface area (Å²) >= 11 is 0. The van der Waals surface area contributed by atoms with Crippen molar-refractivity contribution in [3.05, 3.63) is 89.0 Å². The Morgan fingerprint density at radius 2 is 1.73 bits per heavy atom. The van der Waals surface area contributed by atoms with Crippen molar-refractivity contribution < 1.29 is 28.9 Å². The molecule has 0 bridgehead atoms. The molecule has 190 valence electrons. The van der Waals surface area contributed by atoms with E-state index in [0.717, 1.165) is 5.56 Å². The molecule has 0 saturated carbocycles. The molecule has 7 heteroatoms. The molecule has 2 heterocycles. The van der Waals surface area contributed by atoms with E-state index in [1.807, 2.05) is 49.4 Å². The van der Waals surface area contributed by atoms with Gasteiger partial charge < -0.3 is 19.3 Å². The van der Waals surface area contributed by atoms with E-state index in [2.05, 4.69) is 13.8 Å². The van der Waals surface area contributed by atoms with Crippen LogP contribution in [0, 0.1) is 0 Å². The predicted molar refractivity (Wildman–Crippen MR) is 140 cm³/mol. The molecule has 3 aromatic carbocycles. The average Bonchev–Trinajstić information content (AvgIpc) is 3.18. The van der Waals surface area contributed by atoms with Crippen molar-refractivity contribution in [2.45, 2.75) is 32.7 Å². The van der Waals surface area contributed by atoms with Crippen molar-refractivity contribution in [2.24, 2.45) is 0 Å². The monoisotopic (exact) mass is 499 g/mol. The number of rotatable bonds is 6. The number of benzene rings is 3. The molecule has 1 unspecified atom stereocenters. The molecule has 0 spiro atoms. The van der Waals surface area contributed by atoms with Crippen LogP contribution in [0.2, 0.25) is 0 Å². The molecule has 3 aromatic rings. The summed E-state index contributed by atoms with van der Waals surface area (Å²) in [7, 11) is 0. The number of hydrogen-bond donors (Lipinski definition) is 1. The van der Waals surface area contributed by atoms with Crippen LogP contribution in [-0.4, -0.2) is 36.6 Å². The van der Waals surface area contributed by atoms with Gasteiger partial charge >= 0.3 is 0 Å². The molecule has 2 aliphatic heterocycles. The van der Waals surface area contributed by atoms with Gasteiger partial charge in [0, 0.05) is 11.3 Å². The van der Waals surface area contributed by atoms with Crippen LogP contribution in [0.3, 0.4) is 0 Å². The van der Waals surface area contributed by atoms with Gasteiger partial charge in [0.25, 0.3) is 11.7 Å². The number of carbonyl (C=O) groups is 2. The number of ether oxygens (including phenoxy) is 3. The first-order chi connectivity index (χ1) is 17.9.